The second-order valence-electron chi connectivity index (χ2n) is 5.21. The highest BCUT2D eigenvalue weighted by Crippen LogP contribution is 2.14. The zero-order chi connectivity index (χ0) is 18.2. The first-order valence-electron chi connectivity index (χ1n) is 7.40. The third kappa shape index (κ3) is 5.91. The number of aryl methyl sites for hydroxylation is 1. The summed E-state index contributed by atoms with van der Waals surface area (Å²) in [5, 5.41) is 13.3. The van der Waals surface area contributed by atoms with Crippen LogP contribution in [-0.4, -0.2) is 23.4 Å². The molecule has 25 heavy (non-hydrogen) atoms. The van der Waals surface area contributed by atoms with E-state index in [-0.39, 0.29) is 5.69 Å². The Balaban J connectivity index is 1.83. The number of ether oxygens (including phenoxy) is 1. The second-order valence-corrected chi connectivity index (χ2v) is 5.21. The first-order chi connectivity index (χ1) is 11.9. The van der Waals surface area contributed by atoms with Crippen molar-refractivity contribution < 1.29 is 19.2 Å². The van der Waals surface area contributed by atoms with Crippen molar-refractivity contribution in [2.75, 3.05) is 11.9 Å². The SMILES string of the molecule is Cc1ccc(NC(=O)COC(=O)C=Cc2cccc([N+](=O)[O-])c2)cc1. The van der Waals surface area contributed by atoms with Crippen molar-refractivity contribution in [3.8, 4) is 0 Å². The molecule has 1 amide bonds. The Kier molecular flexibility index (Phi) is 6.00. The van der Waals surface area contributed by atoms with Crippen molar-refractivity contribution in [3.63, 3.8) is 0 Å². The van der Waals surface area contributed by atoms with Gasteiger partial charge < -0.3 is 10.1 Å². The summed E-state index contributed by atoms with van der Waals surface area (Å²) in [7, 11) is 0. The maximum absolute atomic E-state index is 11.7. The molecular formula is C18H16N2O5. The summed E-state index contributed by atoms with van der Waals surface area (Å²) in [5.41, 5.74) is 2.08. The number of esters is 1. The number of carbonyl (C=O) groups is 2. The molecule has 0 unspecified atom stereocenters. The molecule has 0 saturated heterocycles. The van der Waals surface area contributed by atoms with E-state index in [0.717, 1.165) is 11.6 Å². The van der Waals surface area contributed by atoms with E-state index >= 15 is 0 Å². The highest BCUT2D eigenvalue weighted by molar-refractivity contribution is 5.94. The van der Waals surface area contributed by atoms with Crippen LogP contribution >= 0.6 is 0 Å². The monoisotopic (exact) mass is 340 g/mol. The zero-order valence-electron chi connectivity index (χ0n) is 13.5. The first kappa shape index (κ1) is 17.9. The normalized spacial score (nSPS) is 10.4. The molecule has 0 heterocycles. The van der Waals surface area contributed by atoms with Gasteiger partial charge in [-0.2, -0.15) is 0 Å². The van der Waals surface area contributed by atoms with E-state index in [1.807, 2.05) is 19.1 Å². The highest BCUT2D eigenvalue weighted by atomic mass is 16.6. The van der Waals surface area contributed by atoms with Gasteiger partial charge in [0.1, 0.15) is 0 Å². The molecule has 0 aliphatic rings. The van der Waals surface area contributed by atoms with Crippen LogP contribution in [0, 0.1) is 17.0 Å². The molecule has 0 spiro atoms. The van der Waals surface area contributed by atoms with Crippen molar-refractivity contribution >= 4 is 29.3 Å². The molecule has 0 aromatic heterocycles. The van der Waals surface area contributed by atoms with E-state index in [9.17, 15) is 19.7 Å². The number of amides is 1. The summed E-state index contributed by atoms with van der Waals surface area (Å²) in [6, 6.07) is 13.0. The van der Waals surface area contributed by atoms with Crippen LogP contribution in [0.3, 0.4) is 0 Å². The average molecular weight is 340 g/mol. The number of rotatable bonds is 6. The Labute approximate surface area is 144 Å². The summed E-state index contributed by atoms with van der Waals surface area (Å²) in [6.45, 7) is 1.51. The third-order valence-corrected chi connectivity index (χ3v) is 3.17. The fraction of sp³-hybridized carbons (Fsp3) is 0.111. The van der Waals surface area contributed by atoms with Crippen molar-refractivity contribution in [1.82, 2.24) is 0 Å². The number of anilines is 1. The molecule has 2 aromatic carbocycles. The van der Waals surface area contributed by atoms with Crippen LogP contribution in [0.4, 0.5) is 11.4 Å². The molecule has 7 nitrogen and oxygen atoms in total. The topological polar surface area (TPSA) is 98.5 Å². The van der Waals surface area contributed by atoms with Gasteiger partial charge in [0, 0.05) is 23.9 Å². The molecule has 0 aliphatic heterocycles. The van der Waals surface area contributed by atoms with Gasteiger partial charge >= 0.3 is 5.97 Å². The number of carbonyl (C=O) groups excluding carboxylic acids is 2. The van der Waals surface area contributed by atoms with Gasteiger partial charge in [-0.1, -0.05) is 29.8 Å². The predicted octanol–water partition coefficient (Wildman–Crippen LogP) is 3.10. The van der Waals surface area contributed by atoms with E-state index in [2.05, 4.69) is 5.32 Å². The van der Waals surface area contributed by atoms with E-state index < -0.39 is 23.4 Å². The lowest BCUT2D eigenvalue weighted by atomic mass is 10.2. The lowest BCUT2D eigenvalue weighted by Gasteiger charge is -2.05. The fourth-order valence-corrected chi connectivity index (χ4v) is 1.93. The summed E-state index contributed by atoms with van der Waals surface area (Å²) < 4.78 is 4.83. The summed E-state index contributed by atoms with van der Waals surface area (Å²) >= 11 is 0. The Morgan fingerprint density at radius 2 is 1.92 bits per heavy atom. The summed E-state index contributed by atoms with van der Waals surface area (Å²) in [5.74, 6) is -1.17. The van der Waals surface area contributed by atoms with Gasteiger partial charge in [0.25, 0.3) is 11.6 Å². The Morgan fingerprint density at radius 3 is 2.60 bits per heavy atom. The molecule has 0 atom stereocenters. The Hall–Kier alpha value is -3.48. The van der Waals surface area contributed by atoms with Crippen LogP contribution in [0.2, 0.25) is 0 Å². The Morgan fingerprint density at radius 1 is 1.20 bits per heavy atom. The van der Waals surface area contributed by atoms with Crippen LogP contribution < -0.4 is 5.32 Å². The van der Waals surface area contributed by atoms with Crippen LogP contribution in [0.5, 0.6) is 0 Å². The fourth-order valence-electron chi connectivity index (χ4n) is 1.93. The molecular weight excluding hydrogens is 324 g/mol. The van der Waals surface area contributed by atoms with E-state index in [0.29, 0.717) is 11.3 Å². The van der Waals surface area contributed by atoms with Gasteiger partial charge in [0.05, 0.1) is 4.92 Å². The van der Waals surface area contributed by atoms with Crippen LogP contribution in [0.1, 0.15) is 11.1 Å². The first-order valence-corrected chi connectivity index (χ1v) is 7.40. The van der Waals surface area contributed by atoms with Crippen LogP contribution in [0.25, 0.3) is 6.08 Å². The van der Waals surface area contributed by atoms with E-state index in [4.69, 9.17) is 4.74 Å². The summed E-state index contributed by atoms with van der Waals surface area (Å²) in [6.07, 6.45) is 2.49. The van der Waals surface area contributed by atoms with E-state index in [1.165, 1.54) is 24.3 Å². The lowest BCUT2D eigenvalue weighted by molar-refractivity contribution is -0.384. The quantitative estimate of drug-likeness (QED) is 0.377. The van der Waals surface area contributed by atoms with Crippen molar-refractivity contribution in [2.24, 2.45) is 0 Å². The number of nitro benzene ring substituents is 1. The number of hydrogen-bond donors (Lipinski definition) is 1. The van der Waals surface area contributed by atoms with Crippen molar-refractivity contribution in [1.29, 1.82) is 0 Å². The predicted molar refractivity (Wildman–Crippen MR) is 92.9 cm³/mol. The molecule has 0 saturated carbocycles. The minimum atomic E-state index is -0.717. The van der Waals surface area contributed by atoms with Gasteiger partial charge in [0.15, 0.2) is 6.61 Å². The van der Waals surface area contributed by atoms with Crippen LogP contribution in [0.15, 0.2) is 54.6 Å². The van der Waals surface area contributed by atoms with Gasteiger partial charge in [-0.05, 0) is 30.7 Å². The highest BCUT2D eigenvalue weighted by Gasteiger charge is 2.07. The van der Waals surface area contributed by atoms with Gasteiger partial charge in [-0.25, -0.2) is 4.79 Å². The molecule has 7 heteroatoms. The van der Waals surface area contributed by atoms with Crippen molar-refractivity contribution in [2.45, 2.75) is 6.92 Å². The van der Waals surface area contributed by atoms with E-state index in [1.54, 1.807) is 18.2 Å². The third-order valence-electron chi connectivity index (χ3n) is 3.17. The maximum Gasteiger partial charge on any atom is 0.331 e. The van der Waals surface area contributed by atoms with Gasteiger partial charge in [-0.3, -0.25) is 14.9 Å². The van der Waals surface area contributed by atoms with Gasteiger partial charge in [0.2, 0.25) is 0 Å². The second kappa shape index (κ2) is 8.39. The summed E-state index contributed by atoms with van der Waals surface area (Å²) in [4.78, 5) is 33.5. The standard InChI is InChI=1S/C18H16N2O5/c1-13-5-8-15(9-6-13)19-17(21)12-25-18(22)10-7-14-3-2-4-16(11-14)20(23)24/h2-11H,12H2,1H3,(H,19,21). The number of hydrogen-bond acceptors (Lipinski definition) is 5. The number of non-ortho nitro benzene ring substituents is 1. The molecule has 0 fully saturated rings. The molecule has 2 rings (SSSR count). The molecule has 0 bridgehead atoms. The maximum atomic E-state index is 11.7. The minimum Gasteiger partial charge on any atom is -0.452 e. The Bertz CT molecular complexity index is 812. The molecule has 2 aromatic rings. The van der Waals surface area contributed by atoms with Gasteiger partial charge in [-0.15, -0.1) is 0 Å². The van der Waals surface area contributed by atoms with Crippen molar-refractivity contribution in [3.05, 3.63) is 75.8 Å². The average Bonchev–Trinajstić information content (AvgIpc) is 2.60. The number of nitrogens with one attached hydrogen (secondary N) is 1. The number of nitrogens with zero attached hydrogens (tertiary/aromatic N) is 1. The smallest absolute Gasteiger partial charge is 0.331 e. The molecule has 0 radical (unpaired) electrons. The largest absolute Gasteiger partial charge is 0.452 e. The lowest BCUT2D eigenvalue weighted by Crippen LogP contribution is -2.20. The molecule has 128 valence electrons. The van der Waals surface area contributed by atoms with Crippen LogP contribution in [-0.2, 0) is 14.3 Å². The molecule has 1 N–H and O–H groups in total. The number of benzene rings is 2. The number of nitro groups is 1. The minimum absolute atomic E-state index is 0.0759. The molecule has 0 aliphatic carbocycles. The zero-order valence-corrected chi connectivity index (χ0v) is 13.5.